The average molecular weight is 460 g/mol. The van der Waals surface area contributed by atoms with E-state index < -0.39 is 11.6 Å². The van der Waals surface area contributed by atoms with Crippen LogP contribution in [0.3, 0.4) is 0 Å². The predicted molar refractivity (Wildman–Crippen MR) is 122 cm³/mol. The fourth-order valence-electron chi connectivity index (χ4n) is 3.97. The normalized spacial score (nSPS) is 18.7. The van der Waals surface area contributed by atoms with Crippen LogP contribution in [0.25, 0.3) is 21.8 Å². The first kappa shape index (κ1) is 22.5. The highest BCUT2D eigenvalue weighted by Gasteiger charge is 2.39. The first-order chi connectivity index (χ1) is 15.2. The summed E-state index contributed by atoms with van der Waals surface area (Å²) in [5, 5.41) is 6.48. The van der Waals surface area contributed by atoms with Crippen molar-refractivity contribution in [1.29, 1.82) is 0 Å². The number of nitrogens with zero attached hydrogens (tertiary/aromatic N) is 3. The van der Waals surface area contributed by atoms with Crippen LogP contribution in [-0.4, -0.2) is 77.2 Å². The fourth-order valence-corrected chi connectivity index (χ4v) is 4.19. The van der Waals surface area contributed by atoms with Crippen LogP contribution in [-0.2, 0) is 19.2 Å². The fraction of sp³-hybridized carbons (Fsp3) is 0.409. The van der Waals surface area contributed by atoms with Gasteiger partial charge >= 0.3 is 0 Å². The van der Waals surface area contributed by atoms with Crippen molar-refractivity contribution in [2.75, 3.05) is 39.2 Å². The van der Waals surface area contributed by atoms with Crippen LogP contribution in [0.4, 0.5) is 5.69 Å². The number of halogens is 1. The van der Waals surface area contributed by atoms with E-state index in [1.807, 2.05) is 30.9 Å². The number of hydrogen-bond donors (Lipinski definition) is 2. The zero-order valence-corrected chi connectivity index (χ0v) is 19.2. The minimum absolute atomic E-state index is 0.0260. The number of aromatic amines is 1. The zero-order valence-electron chi connectivity index (χ0n) is 18.4. The van der Waals surface area contributed by atoms with Crippen molar-refractivity contribution in [3.8, 4) is 0 Å². The minimum atomic E-state index is -0.655. The summed E-state index contributed by atoms with van der Waals surface area (Å²) < 4.78 is 5.89. The molecule has 0 bridgehead atoms. The monoisotopic (exact) mass is 459 g/mol. The van der Waals surface area contributed by atoms with E-state index in [1.165, 1.54) is 14.2 Å². The number of carbonyl (C=O) groups is 2. The van der Waals surface area contributed by atoms with Gasteiger partial charge < -0.3 is 15.0 Å². The molecule has 1 saturated heterocycles. The second kappa shape index (κ2) is 8.67. The highest BCUT2D eigenvalue weighted by molar-refractivity contribution is 6.33. The zero-order chi connectivity index (χ0) is 23.0. The summed E-state index contributed by atoms with van der Waals surface area (Å²) in [6.45, 7) is 4.45. The summed E-state index contributed by atoms with van der Waals surface area (Å²) in [6.07, 6.45) is 3.44. The Hall–Kier alpha value is -2.72. The topological polar surface area (TPSA) is 99.8 Å². The Morgan fingerprint density at radius 1 is 1.41 bits per heavy atom. The Kier molecular flexibility index (Phi) is 6.09. The predicted octanol–water partition coefficient (Wildman–Crippen LogP) is 2.81. The van der Waals surface area contributed by atoms with Gasteiger partial charge in [-0.2, -0.15) is 0 Å². The van der Waals surface area contributed by atoms with E-state index >= 15 is 0 Å². The maximum absolute atomic E-state index is 13.3. The molecule has 0 unspecified atom stereocenters. The highest BCUT2D eigenvalue weighted by Crippen LogP contribution is 2.33. The van der Waals surface area contributed by atoms with Crippen molar-refractivity contribution < 1.29 is 19.2 Å². The summed E-state index contributed by atoms with van der Waals surface area (Å²) in [5.74, 6) is -0.537. The second-order valence-corrected chi connectivity index (χ2v) is 8.91. The lowest BCUT2D eigenvalue weighted by Gasteiger charge is -2.42. The third-order valence-corrected chi connectivity index (χ3v) is 5.87. The van der Waals surface area contributed by atoms with Gasteiger partial charge in [-0.1, -0.05) is 11.6 Å². The molecule has 2 amide bonds. The first-order valence-electron chi connectivity index (χ1n) is 10.2. The van der Waals surface area contributed by atoms with E-state index in [2.05, 4.69) is 15.3 Å². The molecular weight excluding hydrogens is 434 g/mol. The lowest BCUT2D eigenvalue weighted by molar-refractivity contribution is -0.175. The molecule has 0 aliphatic carbocycles. The van der Waals surface area contributed by atoms with Crippen molar-refractivity contribution >= 4 is 50.9 Å². The number of amides is 2. The molecular formula is C22H26ClN5O4. The minimum Gasteiger partial charge on any atom is -0.372 e. The van der Waals surface area contributed by atoms with Crippen molar-refractivity contribution in [3.05, 3.63) is 35.6 Å². The molecule has 3 heterocycles. The largest absolute Gasteiger partial charge is 0.372 e. The van der Waals surface area contributed by atoms with E-state index in [0.29, 0.717) is 17.3 Å². The van der Waals surface area contributed by atoms with E-state index in [4.69, 9.17) is 21.2 Å². The molecule has 0 radical (unpaired) electrons. The first-order valence-corrected chi connectivity index (χ1v) is 10.6. The van der Waals surface area contributed by atoms with E-state index in [1.54, 1.807) is 18.5 Å². The molecule has 10 heteroatoms. The molecule has 32 heavy (non-hydrogen) atoms. The molecule has 1 aromatic carbocycles. The molecule has 1 aliphatic rings. The number of carbonyl (C=O) groups excluding carboxylic acids is 2. The summed E-state index contributed by atoms with van der Waals surface area (Å²) in [4.78, 5) is 40.0. The number of morpholine rings is 1. The Morgan fingerprint density at radius 3 is 2.94 bits per heavy atom. The molecule has 4 rings (SSSR count). The van der Waals surface area contributed by atoms with E-state index in [9.17, 15) is 9.59 Å². The molecule has 1 aliphatic heterocycles. The lowest BCUT2D eigenvalue weighted by Crippen LogP contribution is -2.60. The summed E-state index contributed by atoms with van der Waals surface area (Å²) >= 11 is 6.36. The number of hydroxylamine groups is 2. The number of aromatic nitrogens is 2. The molecule has 9 nitrogen and oxygen atoms in total. The van der Waals surface area contributed by atoms with Crippen LogP contribution in [0.2, 0.25) is 5.02 Å². The Morgan fingerprint density at radius 2 is 2.19 bits per heavy atom. The number of rotatable bonds is 5. The number of nitrogens with one attached hydrogen (secondary N) is 2. The Balaban J connectivity index is 1.63. The Bertz CT molecular complexity index is 1180. The van der Waals surface area contributed by atoms with Gasteiger partial charge in [0.25, 0.3) is 5.91 Å². The number of ether oxygens (including phenoxy) is 1. The van der Waals surface area contributed by atoms with Gasteiger partial charge in [-0.05, 0) is 32.0 Å². The number of fused-ring (bicyclic) bond motifs is 3. The maximum atomic E-state index is 13.3. The summed E-state index contributed by atoms with van der Waals surface area (Å²) in [6, 6.07) is 4.79. The number of benzene rings is 1. The quantitative estimate of drug-likeness (QED) is 0.569. The standard InChI is InChI=1S/C22H26ClN5O4/c1-22(2)12-28(10-19(29)27(3)31-4)18(11-32-22)21(30)26-16-8-13(23)7-15-14-5-6-24-9-17(14)25-20(15)16/h5-9,18,25H,10-12H2,1-4H3,(H,26,30)/t18-/m0/s1. The van der Waals surface area contributed by atoms with Gasteiger partial charge in [-0.25, -0.2) is 5.06 Å². The number of likely N-dealkylation sites (N-methyl/N-ethyl adjacent to an activating group) is 1. The molecule has 1 fully saturated rings. The Labute approximate surface area is 190 Å². The van der Waals surface area contributed by atoms with E-state index in [0.717, 1.165) is 26.9 Å². The van der Waals surface area contributed by atoms with Crippen molar-refractivity contribution in [2.45, 2.75) is 25.5 Å². The average Bonchev–Trinajstić information content (AvgIpc) is 3.11. The van der Waals surface area contributed by atoms with Gasteiger partial charge in [0.15, 0.2) is 0 Å². The summed E-state index contributed by atoms with van der Waals surface area (Å²) in [7, 11) is 2.96. The number of anilines is 1. The maximum Gasteiger partial charge on any atom is 0.260 e. The van der Waals surface area contributed by atoms with Gasteiger partial charge in [-0.15, -0.1) is 0 Å². The number of hydrogen-bond acceptors (Lipinski definition) is 6. The van der Waals surface area contributed by atoms with Gasteiger partial charge in [0, 0.05) is 35.6 Å². The number of pyridine rings is 1. The summed E-state index contributed by atoms with van der Waals surface area (Å²) in [5.41, 5.74) is 1.66. The van der Waals surface area contributed by atoms with Gasteiger partial charge in [0.05, 0.1) is 48.8 Å². The molecule has 3 aromatic rings. The van der Waals surface area contributed by atoms with E-state index in [-0.39, 0.29) is 25.0 Å². The molecule has 0 saturated carbocycles. The molecule has 1 atom stereocenters. The third-order valence-electron chi connectivity index (χ3n) is 5.65. The lowest BCUT2D eigenvalue weighted by atomic mass is 10.0. The van der Waals surface area contributed by atoms with Gasteiger partial charge in [0.2, 0.25) is 5.91 Å². The van der Waals surface area contributed by atoms with Crippen LogP contribution in [0, 0.1) is 0 Å². The van der Waals surface area contributed by atoms with Crippen LogP contribution in [0.1, 0.15) is 13.8 Å². The SMILES string of the molecule is CON(C)C(=O)CN1CC(C)(C)OC[C@H]1C(=O)Nc1cc(Cl)cc2c1[nH]c1cnccc12. The molecule has 170 valence electrons. The van der Waals surface area contributed by atoms with Gasteiger partial charge in [0.1, 0.15) is 6.04 Å². The van der Waals surface area contributed by atoms with Crippen LogP contribution < -0.4 is 5.32 Å². The third kappa shape index (κ3) is 4.42. The second-order valence-electron chi connectivity index (χ2n) is 8.48. The van der Waals surface area contributed by atoms with Crippen molar-refractivity contribution in [3.63, 3.8) is 0 Å². The van der Waals surface area contributed by atoms with Crippen molar-refractivity contribution in [2.24, 2.45) is 0 Å². The van der Waals surface area contributed by atoms with Crippen molar-refractivity contribution in [1.82, 2.24) is 19.9 Å². The molecule has 2 N–H and O–H groups in total. The van der Waals surface area contributed by atoms with Crippen LogP contribution in [0.5, 0.6) is 0 Å². The van der Waals surface area contributed by atoms with Crippen LogP contribution in [0.15, 0.2) is 30.6 Å². The number of H-pyrrole nitrogens is 1. The highest BCUT2D eigenvalue weighted by atomic mass is 35.5. The molecule has 2 aromatic heterocycles. The molecule has 0 spiro atoms. The smallest absolute Gasteiger partial charge is 0.260 e. The van der Waals surface area contributed by atoms with Gasteiger partial charge in [-0.3, -0.25) is 24.3 Å². The van der Waals surface area contributed by atoms with Crippen LogP contribution >= 0.6 is 11.6 Å².